The average Bonchev–Trinajstić information content (AvgIpc) is 2.89. The Bertz CT molecular complexity index is 428. The second-order valence-corrected chi connectivity index (χ2v) is 4.26. The average molecular weight is 250 g/mol. The van der Waals surface area contributed by atoms with Gasteiger partial charge in [-0.1, -0.05) is 0 Å². The van der Waals surface area contributed by atoms with E-state index >= 15 is 0 Å². The van der Waals surface area contributed by atoms with Gasteiger partial charge in [0.2, 0.25) is 0 Å². The van der Waals surface area contributed by atoms with E-state index in [1.807, 2.05) is 0 Å². The molecule has 0 aliphatic carbocycles. The standard InChI is InChI=1S/C13H18N2O3/c1-16-11-5-9(13(14)15)6-12(7-11)18-8-10-3-2-4-17-10/h5-7,10H,2-4,8H2,1H3,(H3,14,15). The maximum atomic E-state index is 7.44. The number of amidine groups is 1. The van der Waals surface area contributed by atoms with Gasteiger partial charge < -0.3 is 19.9 Å². The molecule has 1 fully saturated rings. The number of rotatable bonds is 5. The number of nitrogen functional groups attached to an aromatic ring is 1. The van der Waals surface area contributed by atoms with Crippen molar-refractivity contribution in [2.45, 2.75) is 18.9 Å². The number of benzene rings is 1. The van der Waals surface area contributed by atoms with E-state index in [0.29, 0.717) is 23.7 Å². The van der Waals surface area contributed by atoms with Crippen molar-refractivity contribution >= 4 is 5.84 Å². The normalized spacial score (nSPS) is 18.6. The zero-order chi connectivity index (χ0) is 13.0. The molecule has 5 nitrogen and oxygen atoms in total. The fourth-order valence-electron chi connectivity index (χ4n) is 1.89. The van der Waals surface area contributed by atoms with Crippen molar-refractivity contribution < 1.29 is 14.2 Å². The molecule has 0 aromatic heterocycles. The van der Waals surface area contributed by atoms with E-state index in [0.717, 1.165) is 19.4 Å². The topological polar surface area (TPSA) is 77.6 Å². The number of nitrogens with two attached hydrogens (primary N) is 1. The molecule has 5 heteroatoms. The van der Waals surface area contributed by atoms with Gasteiger partial charge in [-0.05, 0) is 25.0 Å². The van der Waals surface area contributed by atoms with Crippen molar-refractivity contribution in [3.63, 3.8) is 0 Å². The summed E-state index contributed by atoms with van der Waals surface area (Å²) in [4.78, 5) is 0. The molecule has 0 amide bonds. The van der Waals surface area contributed by atoms with Crippen molar-refractivity contribution in [3.05, 3.63) is 23.8 Å². The monoisotopic (exact) mass is 250 g/mol. The van der Waals surface area contributed by atoms with Gasteiger partial charge in [0.1, 0.15) is 23.9 Å². The maximum absolute atomic E-state index is 7.44. The Morgan fingerprint density at radius 1 is 1.44 bits per heavy atom. The van der Waals surface area contributed by atoms with E-state index < -0.39 is 0 Å². The number of methoxy groups -OCH3 is 1. The van der Waals surface area contributed by atoms with Gasteiger partial charge in [-0.3, -0.25) is 5.41 Å². The molecular weight excluding hydrogens is 232 g/mol. The Kier molecular flexibility index (Phi) is 4.04. The van der Waals surface area contributed by atoms with Crippen LogP contribution in [0.2, 0.25) is 0 Å². The molecule has 0 spiro atoms. The zero-order valence-electron chi connectivity index (χ0n) is 10.4. The van der Waals surface area contributed by atoms with Crippen LogP contribution < -0.4 is 15.2 Å². The first kappa shape index (κ1) is 12.7. The first-order valence-corrected chi connectivity index (χ1v) is 5.97. The SMILES string of the molecule is COc1cc(OCC2CCCO2)cc(C(=N)N)c1. The molecule has 1 aromatic rings. The number of hydrogen-bond donors (Lipinski definition) is 2. The lowest BCUT2D eigenvalue weighted by atomic mass is 10.2. The van der Waals surface area contributed by atoms with Crippen LogP contribution in [0.15, 0.2) is 18.2 Å². The second-order valence-electron chi connectivity index (χ2n) is 4.26. The lowest BCUT2D eigenvalue weighted by Gasteiger charge is -2.13. The van der Waals surface area contributed by atoms with Crippen LogP contribution in [0.4, 0.5) is 0 Å². The van der Waals surface area contributed by atoms with Crippen LogP contribution in [-0.2, 0) is 4.74 Å². The molecule has 3 N–H and O–H groups in total. The zero-order valence-corrected chi connectivity index (χ0v) is 10.4. The maximum Gasteiger partial charge on any atom is 0.123 e. The number of hydrogen-bond acceptors (Lipinski definition) is 4. The summed E-state index contributed by atoms with van der Waals surface area (Å²) >= 11 is 0. The van der Waals surface area contributed by atoms with Gasteiger partial charge in [-0.2, -0.15) is 0 Å². The van der Waals surface area contributed by atoms with Crippen molar-refractivity contribution in [2.75, 3.05) is 20.3 Å². The lowest BCUT2D eigenvalue weighted by Crippen LogP contribution is -2.17. The van der Waals surface area contributed by atoms with E-state index in [2.05, 4.69) is 0 Å². The smallest absolute Gasteiger partial charge is 0.123 e. The molecule has 98 valence electrons. The molecule has 0 bridgehead atoms. The molecule has 18 heavy (non-hydrogen) atoms. The molecule has 1 aliphatic rings. The van der Waals surface area contributed by atoms with Gasteiger partial charge in [0.05, 0.1) is 13.2 Å². The minimum atomic E-state index is -0.00383. The quantitative estimate of drug-likeness (QED) is 0.613. The summed E-state index contributed by atoms with van der Waals surface area (Å²) in [6.07, 6.45) is 2.28. The molecule has 1 unspecified atom stereocenters. The molecule has 1 aliphatic heterocycles. The van der Waals surface area contributed by atoms with Crippen molar-refractivity contribution in [1.29, 1.82) is 5.41 Å². The molecule has 0 radical (unpaired) electrons. The van der Waals surface area contributed by atoms with Gasteiger partial charge in [0.15, 0.2) is 0 Å². The van der Waals surface area contributed by atoms with Crippen LogP contribution in [0.1, 0.15) is 18.4 Å². The highest BCUT2D eigenvalue weighted by Gasteiger charge is 2.16. The molecule has 1 atom stereocenters. The Morgan fingerprint density at radius 2 is 2.22 bits per heavy atom. The minimum Gasteiger partial charge on any atom is -0.497 e. The van der Waals surface area contributed by atoms with Crippen molar-refractivity contribution in [1.82, 2.24) is 0 Å². The van der Waals surface area contributed by atoms with Gasteiger partial charge in [0, 0.05) is 18.2 Å². The largest absolute Gasteiger partial charge is 0.497 e. The molecule has 0 saturated carbocycles. The Hall–Kier alpha value is -1.75. The van der Waals surface area contributed by atoms with Gasteiger partial charge in [0.25, 0.3) is 0 Å². The summed E-state index contributed by atoms with van der Waals surface area (Å²) in [6, 6.07) is 5.22. The number of ether oxygens (including phenoxy) is 3. The lowest BCUT2D eigenvalue weighted by molar-refractivity contribution is 0.0679. The molecule has 1 heterocycles. The number of nitrogens with one attached hydrogen (secondary N) is 1. The summed E-state index contributed by atoms with van der Waals surface area (Å²) in [6.45, 7) is 1.33. The first-order valence-electron chi connectivity index (χ1n) is 5.97. The fraction of sp³-hybridized carbons (Fsp3) is 0.462. The third kappa shape index (κ3) is 3.13. The second kappa shape index (κ2) is 5.73. The molecular formula is C13H18N2O3. The van der Waals surface area contributed by atoms with Crippen LogP contribution >= 0.6 is 0 Å². The Morgan fingerprint density at radius 3 is 2.83 bits per heavy atom. The Balaban J connectivity index is 2.05. The van der Waals surface area contributed by atoms with E-state index in [-0.39, 0.29) is 11.9 Å². The summed E-state index contributed by atoms with van der Waals surface area (Å²) in [7, 11) is 1.57. The van der Waals surface area contributed by atoms with Crippen LogP contribution in [0.5, 0.6) is 11.5 Å². The highest BCUT2D eigenvalue weighted by molar-refractivity contribution is 5.95. The van der Waals surface area contributed by atoms with E-state index in [9.17, 15) is 0 Å². The van der Waals surface area contributed by atoms with Gasteiger partial charge in [-0.15, -0.1) is 0 Å². The predicted molar refractivity (Wildman–Crippen MR) is 68.5 cm³/mol. The third-order valence-electron chi connectivity index (χ3n) is 2.89. The predicted octanol–water partition coefficient (Wildman–Crippen LogP) is 1.54. The summed E-state index contributed by atoms with van der Waals surface area (Å²) in [5, 5.41) is 7.44. The highest BCUT2D eigenvalue weighted by atomic mass is 16.5. The van der Waals surface area contributed by atoms with Crippen molar-refractivity contribution in [2.24, 2.45) is 5.73 Å². The van der Waals surface area contributed by atoms with Crippen LogP contribution in [0.25, 0.3) is 0 Å². The fourth-order valence-corrected chi connectivity index (χ4v) is 1.89. The third-order valence-corrected chi connectivity index (χ3v) is 2.89. The van der Waals surface area contributed by atoms with Gasteiger partial charge in [-0.25, -0.2) is 0 Å². The first-order chi connectivity index (χ1) is 8.69. The van der Waals surface area contributed by atoms with E-state index in [1.165, 1.54) is 0 Å². The van der Waals surface area contributed by atoms with Crippen molar-refractivity contribution in [3.8, 4) is 11.5 Å². The van der Waals surface area contributed by atoms with E-state index in [1.54, 1.807) is 25.3 Å². The Labute approximate surface area is 106 Å². The van der Waals surface area contributed by atoms with Gasteiger partial charge >= 0.3 is 0 Å². The molecule has 1 saturated heterocycles. The molecule has 2 rings (SSSR count). The summed E-state index contributed by atoms with van der Waals surface area (Å²) < 4.78 is 16.3. The minimum absolute atomic E-state index is 0.00383. The summed E-state index contributed by atoms with van der Waals surface area (Å²) in [5.74, 6) is 1.27. The van der Waals surface area contributed by atoms with Crippen LogP contribution in [0, 0.1) is 5.41 Å². The highest BCUT2D eigenvalue weighted by Crippen LogP contribution is 2.23. The van der Waals surface area contributed by atoms with Crippen LogP contribution in [0.3, 0.4) is 0 Å². The molecule has 1 aromatic carbocycles. The summed E-state index contributed by atoms with van der Waals surface area (Å²) in [5.41, 5.74) is 6.07. The van der Waals surface area contributed by atoms with Crippen LogP contribution in [-0.4, -0.2) is 32.3 Å². The van der Waals surface area contributed by atoms with E-state index in [4.69, 9.17) is 25.4 Å².